The Kier molecular flexibility index (Phi) is 9.53. The highest BCUT2D eigenvalue weighted by atomic mass is 32.2. The van der Waals surface area contributed by atoms with Crippen molar-refractivity contribution in [1.29, 1.82) is 0 Å². The van der Waals surface area contributed by atoms with Gasteiger partial charge in [-0.1, -0.05) is 121 Å². The zero-order valence-electron chi connectivity index (χ0n) is 28.5. The number of carbonyl (C=O) groups excluding carboxylic acids is 1. The molecule has 5 aromatic carbocycles. The summed E-state index contributed by atoms with van der Waals surface area (Å²) in [4.78, 5) is 17.6. The lowest BCUT2D eigenvalue weighted by molar-refractivity contribution is 0.0560. The first kappa shape index (κ1) is 33.0. The van der Waals surface area contributed by atoms with E-state index in [2.05, 4.69) is 126 Å². The summed E-state index contributed by atoms with van der Waals surface area (Å²) < 4.78 is 12.1. The first-order valence-corrected chi connectivity index (χ1v) is 18.2. The van der Waals surface area contributed by atoms with Crippen LogP contribution < -0.4 is 9.64 Å². The summed E-state index contributed by atoms with van der Waals surface area (Å²) in [5.74, 6) is 1.74. The second-order valence-electron chi connectivity index (χ2n) is 13.9. The Labute approximate surface area is 294 Å². The van der Waals surface area contributed by atoms with Gasteiger partial charge in [-0.2, -0.15) is 0 Å². The number of amides is 1. The molecule has 2 aliphatic heterocycles. The lowest BCUT2D eigenvalue weighted by Crippen LogP contribution is -2.47. The second-order valence-corrected chi connectivity index (χ2v) is 15.2. The molecule has 0 bridgehead atoms. The van der Waals surface area contributed by atoms with Gasteiger partial charge in [0.25, 0.3) is 0 Å². The van der Waals surface area contributed by atoms with Crippen LogP contribution in [0.4, 0.5) is 10.5 Å². The van der Waals surface area contributed by atoms with Crippen molar-refractivity contribution in [2.24, 2.45) is 0 Å². The Morgan fingerprint density at radius 3 is 1.86 bits per heavy atom. The van der Waals surface area contributed by atoms with Gasteiger partial charge in [0, 0.05) is 17.7 Å². The smallest absolute Gasteiger partial charge is 0.415 e. The number of anilines is 1. The highest BCUT2D eigenvalue weighted by molar-refractivity contribution is 8.00. The number of nitrogens with zero attached hydrogens (tertiary/aromatic N) is 2. The molecule has 2 unspecified atom stereocenters. The zero-order valence-corrected chi connectivity index (χ0v) is 29.3. The number of fused-ring (bicyclic) bond motifs is 1. The van der Waals surface area contributed by atoms with Crippen LogP contribution in [0.15, 0.2) is 140 Å². The fraction of sp³-hybridized carbons (Fsp3) is 0.279. The van der Waals surface area contributed by atoms with Crippen LogP contribution in [0.2, 0.25) is 0 Å². The number of para-hydroxylation sites is 1. The maximum absolute atomic E-state index is 13.2. The summed E-state index contributed by atoms with van der Waals surface area (Å²) in [7, 11) is 0. The van der Waals surface area contributed by atoms with Crippen LogP contribution >= 0.6 is 11.8 Å². The van der Waals surface area contributed by atoms with Crippen LogP contribution in [0.3, 0.4) is 0 Å². The van der Waals surface area contributed by atoms with E-state index in [9.17, 15) is 4.79 Å². The number of hydrogen-bond donors (Lipinski definition) is 0. The van der Waals surface area contributed by atoms with E-state index in [1.807, 2.05) is 50.7 Å². The Morgan fingerprint density at radius 1 is 0.735 bits per heavy atom. The number of rotatable bonds is 9. The van der Waals surface area contributed by atoms with Gasteiger partial charge < -0.3 is 9.47 Å². The first-order chi connectivity index (χ1) is 23.8. The molecule has 0 aliphatic carbocycles. The van der Waals surface area contributed by atoms with Crippen LogP contribution in [0.1, 0.15) is 48.6 Å². The minimum atomic E-state index is -0.573. The monoisotopic (exact) mass is 668 g/mol. The van der Waals surface area contributed by atoms with E-state index >= 15 is 0 Å². The van der Waals surface area contributed by atoms with Crippen molar-refractivity contribution in [3.63, 3.8) is 0 Å². The molecular weight excluding hydrogens is 625 g/mol. The van der Waals surface area contributed by atoms with Gasteiger partial charge in [0.2, 0.25) is 0 Å². The van der Waals surface area contributed by atoms with Crippen molar-refractivity contribution in [2.75, 3.05) is 23.9 Å². The van der Waals surface area contributed by atoms with Crippen molar-refractivity contribution in [3.8, 4) is 5.75 Å². The number of ether oxygens (including phenoxy) is 2. The van der Waals surface area contributed by atoms with Crippen molar-refractivity contribution < 1.29 is 14.3 Å². The average Bonchev–Trinajstić information content (AvgIpc) is 3.74. The molecule has 6 heteroatoms. The number of thioether (sulfide) groups is 1. The molecule has 0 aromatic heterocycles. The molecule has 0 N–H and O–H groups in total. The molecule has 5 nitrogen and oxygen atoms in total. The first-order valence-electron chi connectivity index (χ1n) is 17.2. The van der Waals surface area contributed by atoms with E-state index < -0.39 is 11.1 Å². The molecule has 0 saturated carbocycles. The van der Waals surface area contributed by atoms with Gasteiger partial charge in [-0.3, -0.25) is 9.80 Å². The fourth-order valence-electron chi connectivity index (χ4n) is 7.32. The normalized spacial score (nSPS) is 17.9. The van der Waals surface area contributed by atoms with Crippen molar-refractivity contribution in [2.45, 2.75) is 56.0 Å². The maximum Gasteiger partial charge on any atom is 0.415 e. The summed E-state index contributed by atoms with van der Waals surface area (Å²) in [5, 5.41) is 0.446. The van der Waals surface area contributed by atoms with E-state index in [1.54, 1.807) is 4.90 Å². The molecule has 7 rings (SSSR count). The van der Waals surface area contributed by atoms with Crippen molar-refractivity contribution in [3.05, 3.63) is 167 Å². The predicted octanol–water partition coefficient (Wildman–Crippen LogP) is 9.34. The number of hydrogen-bond acceptors (Lipinski definition) is 5. The fourth-order valence-corrected chi connectivity index (χ4v) is 8.60. The van der Waals surface area contributed by atoms with Crippen LogP contribution in [-0.2, 0) is 23.1 Å². The molecule has 5 aromatic rings. The van der Waals surface area contributed by atoms with Gasteiger partial charge in [0.1, 0.15) is 18.0 Å². The van der Waals surface area contributed by atoms with E-state index in [0.717, 1.165) is 42.3 Å². The Balaban J connectivity index is 1.05. The predicted molar refractivity (Wildman–Crippen MR) is 200 cm³/mol. The second kappa shape index (κ2) is 14.1. The standard InChI is InChI=1S/C43H44N2O3S/c1-42(2,3)48-41(46)45-37(28-33-15-13-14-22-40(33)45)30-47-38-25-23-32(24-26-38)27-39-29-44(31-49-39)43(34-16-7-4-8-17-34,35-18-9-5-10-19-35)36-20-11-6-12-21-36/h4-26,37,39H,27-31H2,1-3H3. The van der Waals surface area contributed by atoms with Crippen molar-refractivity contribution >= 4 is 23.5 Å². The van der Waals surface area contributed by atoms with Crippen LogP contribution in [0.25, 0.3) is 0 Å². The molecule has 2 aliphatic rings. The summed E-state index contributed by atoms with van der Waals surface area (Å²) in [6, 6.07) is 49.3. The van der Waals surface area contributed by atoms with Gasteiger partial charge in [-0.05, 0) is 79.6 Å². The summed E-state index contributed by atoms with van der Waals surface area (Å²) in [6.45, 7) is 7.04. The third-order valence-electron chi connectivity index (χ3n) is 9.43. The van der Waals surface area contributed by atoms with Crippen molar-refractivity contribution in [1.82, 2.24) is 4.90 Å². The molecule has 1 fully saturated rings. The van der Waals surface area contributed by atoms with Gasteiger partial charge in [-0.15, -0.1) is 11.8 Å². The minimum Gasteiger partial charge on any atom is -0.491 e. The summed E-state index contributed by atoms with van der Waals surface area (Å²) in [6.07, 6.45) is 1.37. The van der Waals surface area contributed by atoms with Gasteiger partial charge in [0.05, 0.1) is 17.3 Å². The van der Waals surface area contributed by atoms with Crippen LogP contribution in [0, 0.1) is 0 Å². The minimum absolute atomic E-state index is 0.132. The molecule has 1 amide bonds. The number of carbonyl (C=O) groups is 1. The lowest BCUT2D eigenvalue weighted by Gasteiger charge is -2.43. The molecule has 1 saturated heterocycles. The van der Waals surface area contributed by atoms with Gasteiger partial charge in [-0.25, -0.2) is 4.79 Å². The average molecular weight is 669 g/mol. The van der Waals surface area contributed by atoms with E-state index in [0.29, 0.717) is 11.9 Å². The highest BCUT2D eigenvalue weighted by Crippen LogP contribution is 2.46. The molecule has 2 atom stereocenters. The zero-order chi connectivity index (χ0) is 33.8. The molecule has 49 heavy (non-hydrogen) atoms. The van der Waals surface area contributed by atoms with E-state index in [1.165, 1.54) is 22.3 Å². The Morgan fingerprint density at radius 2 is 1.29 bits per heavy atom. The molecule has 250 valence electrons. The van der Waals surface area contributed by atoms with Crippen LogP contribution in [-0.4, -0.2) is 46.9 Å². The summed E-state index contributed by atoms with van der Waals surface area (Å²) >= 11 is 2.03. The quantitative estimate of drug-likeness (QED) is 0.147. The Hall–Kier alpha value is -4.52. The maximum atomic E-state index is 13.2. The largest absolute Gasteiger partial charge is 0.491 e. The topological polar surface area (TPSA) is 42.0 Å². The van der Waals surface area contributed by atoms with E-state index in [-0.39, 0.29) is 12.1 Å². The van der Waals surface area contributed by atoms with E-state index in [4.69, 9.17) is 9.47 Å². The molecule has 0 radical (unpaired) electrons. The highest BCUT2D eigenvalue weighted by Gasteiger charge is 2.45. The van der Waals surface area contributed by atoms with Gasteiger partial charge in [0.15, 0.2) is 0 Å². The number of benzene rings is 5. The third kappa shape index (κ3) is 6.99. The SMILES string of the molecule is CC(C)(C)OC(=O)N1c2ccccc2CC1COc1ccc(CC2CN(C(c3ccccc3)(c3ccccc3)c3ccccc3)CS2)cc1. The molecular formula is C43H44N2O3S. The van der Waals surface area contributed by atoms with Gasteiger partial charge >= 0.3 is 6.09 Å². The van der Waals surface area contributed by atoms with Crippen LogP contribution in [0.5, 0.6) is 5.75 Å². The molecule has 0 spiro atoms. The lowest BCUT2D eigenvalue weighted by atomic mass is 9.75. The summed E-state index contributed by atoms with van der Waals surface area (Å²) in [5.41, 5.74) is 6.21. The third-order valence-corrected chi connectivity index (χ3v) is 10.7. The Bertz CT molecular complexity index is 1750. The molecule has 2 heterocycles.